The highest BCUT2D eigenvalue weighted by atomic mass is 16.2. The van der Waals surface area contributed by atoms with Crippen LogP contribution < -0.4 is 10.6 Å². The summed E-state index contributed by atoms with van der Waals surface area (Å²) in [7, 11) is 3.58. The predicted octanol–water partition coefficient (Wildman–Crippen LogP) is 2.87. The number of fused-ring (bicyclic) bond motifs is 1. The predicted molar refractivity (Wildman–Crippen MR) is 119 cm³/mol. The highest BCUT2D eigenvalue weighted by molar-refractivity contribution is 5.83. The number of rotatable bonds is 7. The SMILES string of the molecule is C#Cc1cnc(NCCc2c[nH]c3ccccc23)nc1NC1CC(C(=O)N(C)C)C1. The van der Waals surface area contributed by atoms with Gasteiger partial charge in [-0.05, 0) is 30.9 Å². The van der Waals surface area contributed by atoms with Gasteiger partial charge in [-0.2, -0.15) is 4.98 Å². The van der Waals surface area contributed by atoms with Crippen LogP contribution in [0.3, 0.4) is 0 Å². The molecule has 0 aliphatic heterocycles. The third-order valence-corrected chi connectivity index (χ3v) is 5.57. The van der Waals surface area contributed by atoms with E-state index in [0.29, 0.717) is 23.9 Å². The first-order valence-electron chi connectivity index (χ1n) is 10.2. The van der Waals surface area contributed by atoms with Crippen molar-refractivity contribution in [1.82, 2.24) is 19.9 Å². The van der Waals surface area contributed by atoms with E-state index in [0.717, 1.165) is 24.8 Å². The lowest BCUT2D eigenvalue weighted by molar-refractivity contribution is -0.135. The van der Waals surface area contributed by atoms with Gasteiger partial charge in [0.15, 0.2) is 0 Å². The van der Waals surface area contributed by atoms with E-state index in [4.69, 9.17) is 6.42 Å². The number of aromatic nitrogens is 3. The van der Waals surface area contributed by atoms with Gasteiger partial charge >= 0.3 is 0 Å². The third kappa shape index (κ3) is 4.08. The maximum absolute atomic E-state index is 12.0. The van der Waals surface area contributed by atoms with E-state index in [9.17, 15) is 4.79 Å². The molecule has 7 nitrogen and oxygen atoms in total. The molecule has 7 heteroatoms. The lowest BCUT2D eigenvalue weighted by Gasteiger charge is -2.36. The van der Waals surface area contributed by atoms with Gasteiger partial charge in [0.25, 0.3) is 0 Å². The lowest BCUT2D eigenvalue weighted by atomic mass is 9.79. The van der Waals surface area contributed by atoms with Crippen LogP contribution in [0.5, 0.6) is 0 Å². The summed E-state index contributed by atoms with van der Waals surface area (Å²) in [4.78, 5) is 25.9. The summed E-state index contributed by atoms with van der Waals surface area (Å²) < 4.78 is 0. The Morgan fingerprint density at radius 2 is 2.13 bits per heavy atom. The molecule has 0 unspecified atom stereocenters. The van der Waals surface area contributed by atoms with Crippen LogP contribution in [0.25, 0.3) is 10.9 Å². The maximum Gasteiger partial charge on any atom is 0.225 e. The second-order valence-electron chi connectivity index (χ2n) is 7.88. The molecule has 1 aliphatic carbocycles. The van der Waals surface area contributed by atoms with Crippen molar-refractivity contribution in [2.24, 2.45) is 5.92 Å². The number of nitrogens with zero attached hydrogens (tertiary/aromatic N) is 3. The average molecular weight is 403 g/mol. The van der Waals surface area contributed by atoms with E-state index < -0.39 is 0 Å². The third-order valence-electron chi connectivity index (χ3n) is 5.57. The number of nitrogens with one attached hydrogen (secondary N) is 3. The highest BCUT2D eigenvalue weighted by Gasteiger charge is 2.35. The largest absolute Gasteiger partial charge is 0.366 e. The number of H-pyrrole nitrogens is 1. The fourth-order valence-corrected chi connectivity index (χ4v) is 3.83. The molecular weight excluding hydrogens is 376 g/mol. The highest BCUT2D eigenvalue weighted by Crippen LogP contribution is 2.31. The summed E-state index contributed by atoms with van der Waals surface area (Å²) in [5, 5.41) is 7.90. The molecule has 0 radical (unpaired) electrons. The molecule has 4 rings (SSSR count). The van der Waals surface area contributed by atoms with Gasteiger partial charge in [0.2, 0.25) is 11.9 Å². The first-order chi connectivity index (χ1) is 14.5. The molecule has 0 atom stereocenters. The molecule has 0 spiro atoms. The van der Waals surface area contributed by atoms with Crippen molar-refractivity contribution in [3.63, 3.8) is 0 Å². The van der Waals surface area contributed by atoms with Crippen molar-refractivity contribution in [2.75, 3.05) is 31.3 Å². The van der Waals surface area contributed by atoms with Crippen molar-refractivity contribution in [3.05, 3.63) is 47.8 Å². The number of terminal acetylenes is 1. The summed E-state index contributed by atoms with van der Waals surface area (Å²) in [5.74, 6) is 4.06. The fourth-order valence-electron chi connectivity index (χ4n) is 3.83. The number of para-hydroxylation sites is 1. The second kappa shape index (κ2) is 8.46. The number of amides is 1. The summed E-state index contributed by atoms with van der Waals surface area (Å²) >= 11 is 0. The molecule has 3 aromatic rings. The fraction of sp³-hybridized carbons (Fsp3) is 0.348. The van der Waals surface area contributed by atoms with Gasteiger partial charge in [-0.25, -0.2) is 4.98 Å². The van der Waals surface area contributed by atoms with Crippen molar-refractivity contribution in [3.8, 4) is 12.3 Å². The lowest BCUT2D eigenvalue weighted by Crippen LogP contribution is -2.44. The quantitative estimate of drug-likeness (QED) is 0.529. The molecular formula is C23H26N6O. The van der Waals surface area contributed by atoms with E-state index in [-0.39, 0.29) is 17.9 Å². The van der Waals surface area contributed by atoms with Gasteiger partial charge in [0.05, 0.1) is 11.8 Å². The minimum absolute atomic E-state index is 0.0717. The monoisotopic (exact) mass is 402 g/mol. The van der Waals surface area contributed by atoms with Crippen molar-refractivity contribution < 1.29 is 4.79 Å². The smallest absolute Gasteiger partial charge is 0.225 e. The Labute approximate surface area is 176 Å². The molecule has 1 aromatic carbocycles. The van der Waals surface area contributed by atoms with Gasteiger partial charge in [-0.15, -0.1) is 6.42 Å². The first kappa shape index (κ1) is 19.8. The van der Waals surface area contributed by atoms with Crippen molar-refractivity contribution in [2.45, 2.75) is 25.3 Å². The van der Waals surface area contributed by atoms with Crippen LogP contribution >= 0.6 is 0 Å². The molecule has 1 fully saturated rings. The molecule has 0 saturated heterocycles. The van der Waals surface area contributed by atoms with Gasteiger partial charge in [0, 0.05) is 49.7 Å². The number of hydrogen-bond donors (Lipinski definition) is 3. The summed E-state index contributed by atoms with van der Waals surface area (Å²) in [6.45, 7) is 0.708. The van der Waals surface area contributed by atoms with E-state index >= 15 is 0 Å². The van der Waals surface area contributed by atoms with E-state index in [1.165, 1.54) is 10.9 Å². The normalized spacial score (nSPS) is 17.8. The zero-order valence-electron chi connectivity index (χ0n) is 17.3. The maximum atomic E-state index is 12.0. The summed E-state index contributed by atoms with van der Waals surface area (Å²) in [6, 6.07) is 8.46. The molecule has 3 N–H and O–H groups in total. The molecule has 154 valence electrons. The Kier molecular flexibility index (Phi) is 5.57. The van der Waals surface area contributed by atoms with Crippen molar-refractivity contribution >= 4 is 28.6 Å². The van der Waals surface area contributed by atoms with Crippen LogP contribution in [0.1, 0.15) is 24.0 Å². The Balaban J connectivity index is 1.36. The first-order valence-corrected chi connectivity index (χ1v) is 10.2. The zero-order chi connectivity index (χ0) is 21.1. The van der Waals surface area contributed by atoms with Crippen LogP contribution in [-0.4, -0.2) is 52.4 Å². The van der Waals surface area contributed by atoms with E-state index in [2.05, 4.69) is 43.6 Å². The molecule has 2 heterocycles. The summed E-state index contributed by atoms with van der Waals surface area (Å²) in [6.07, 6.45) is 11.7. The average Bonchev–Trinajstić information content (AvgIpc) is 3.13. The van der Waals surface area contributed by atoms with Crippen LogP contribution in [0.15, 0.2) is 36.7 Å². The van der Waals surface area contributed by atoms with Gasteiger partial charge < -0.3 is 20.5 Å². The van der Waals surface area contributed by atoms with Crippen molar-refractivity contribution in [1.29, 1.82) is 0 Å². The Bertz CT molecular complexity index is 1090. The Morgan fingerprint density at radius 1 is 1.33 bits per heavy atom. The molecule has 2 aromatic heterocycles. The van der Waals surface area contributed by atoms with E-state index in [1.807, 2.05) is 18.3 Å². The Hall–Kier alpha value is -3.53. The summed E-state index contributed by atoms with van der Waals surface area (Å²) in [5.41, 5.74) is 3.02. The number of hydrogen-bond acceptors (Lipinski definition) is 5. The Morgan fingerprint density at radius 3 is 2.90 bits per heavy atom. The van der Waals surface area contributed by atoms with Gasteiger partial charge in [0.1, 0.15) is 5.82 Å². The number of carbonyl (C=O) groups excluding carboxylic acids is 1. The van der Waals surface area contributed by atoms with E-state index in [1.54, 1.807) is 25.2 Å². The van der Waals surface area contributed by atoms with Gasteiger partial charge in [-0.1, -0.05) is 24.1 Å². The molecule has 1 aliphatic rings. The minimum Gasteiger partial charge on any atom is -0.366 e. The standard InChI is InChI=1S/C23H26N6O/c1-4-15-13-26-23(24-10-9-16-14-25-20-8-6-5-7-19(16)20)28-21(15)27-18-11-17(12-18)22(30)29(2)3/h1,5-8,13-14,17-18,25H,9-12H2,2-3H3,(H2,24,26,27,28). The zero-order valence-corrected chi connectivity index (χ0v) is 17.3. The number of aromatic amines is 1. The number of carbonyl (C=O) groups is 1. The number of benzene rings is 1. The van der Waals surface area contributed by atoms with Crippen LogP contribution in [0.4, 0.5) is 11.8 Å². The van der Waals surface area contributed by atoms with Crippen LogP contribution in [0.2, 0.25) is 0 Å². The van der Waals surface area contributed by atoms with Crippen LogP contribution in [0, 0.1) is 18.3 Å². The second-order valence-corrected chi connectivity index (χ2v) is 7.88. The minimum atomic E-state index is 0.0717. The van der Waals surface area contributed by atoms with Crippen LogP contribution in [-0.2, 0) is 11.2 Å². The molecule has 1 amide bonds. The molecule has 0 bridgehead atoms. The molecule has 30 heavy (non-hydrogen) atoms. The topological polar surface area (TPSA) is 85.9 Å². The molecule has 1 saturated carbocycles. The van der Waals surface area contributed by atoms with Gasteiger partial charge in [-0.3, -0.25) is 4.79 Å². The number of anilines is 2.